The van der Waals surface area contributed by atoms with Crippen molar-refractivity contribution in [1.82, 2.24) is 9.47 Å². The summed E-state index contributed by atoms with van der Waals surface area (Å²) in [5.41, 5.74) is -2.15. The zero-order valence-electron chi connectivity index (χ0n) is 18.8. The molecule has 3 aromatic rings. The van der Waals surface area contributed by atoms with Crippen molar-refractivity contribution < 1.29 is 18.3 Å². The van der Waals surface area contributed by atoms with Gasteiger partial charge in [-0.2, -0.15) is 13.2 Å². The van der Waals surface area contributed by atoms with E-state index in [1.54, 1.807) is 44.2 Å². The lowest BCUT2D eigenvalue weighted by atomic mass is 9.74. The molecule has 1 N–H and O–H groups in total. The first-order valence-corrected chi connectivity index (χ1v) is 10.4. The Bertz CT molecular complexity index is 1150. The molecule has 1 unspecified atom stereocenters. The lowest BCUT2D eigenvalue weighted by Crippen LogP contribution is -2.52. The molecule has 0 saturated heterocycles. The van der Waals surface area contributed by atoms with Crippen LogP contribution in [0.4, 0.5) is 13.2 Å². The van der Waals surface area contributed by atoms with Crippen LogP contribution < -0.4 is 5.43 Å². The normalized spacial score (nSPS) is 14.7. The van der Waals surface area contributed by atoms with Gasteiger partial charge in [-0.1, -0.05) is 50.2 Å². The quantitative estimate of drug-likeness (QED) is 0.571. The zero-order chi connectivity index (χ0) is 23.7. The number of nitrogens with zero attached hydrogens (tertiary/aromatic N) is 2. The summed E-state index contributed by atoms with van der Waals surface area (Å²) < 4.78 is 44.0. The molecule has 0 amide bonds. The first-order chi connectivity index (χ1) is 14.8. The van der Waals surface area contributed by atoms with Crippen LogP contribution in [-0.2, 0) is 18.5 Å². The number of para-hydroxylation sites is 1. The molecule has 0 spiro atoms. The van der Waals surface area contributed by atoms with Crippen molar-refractivity contribution in [1.29, 1.82) is 0 Å². The number of hydrogen-bond acceptors (Lipinski definition) is 3. The van der Waals surface area contributed by atoms with Crippen molar-refractivity contribution in [3.63, 3.8) is 0 Å². The third-order valence-electron chi connectivity index (χ3n) is 5.79. The summed E-state index contributed by atoms with van der Waals surface area (Å²) in [7, 11) is 3.85. The highest BCUT2D eigenvalue weighted by Crippen LogP contribution is 2.42. The fourth-order valence-corrected chi connectivity index (χ4v) is 4.21. The summed E-state index contributed by atoms with van der Waals surface area (Å²) in [4.78, 5) is 14.1. The van der Waals surface area contributed by atoms with Gasteiger partial charge in [0.1, 0.15) is 0 Å². The van der Waals surface area contributed by atoms with Crippen molar-refractivity contribution >= 4 is 10.9 Å². The Morgan fingerprint density at radius 2 is 1.69 bits per heavy atom. The molecule has 0 aliphatic heterocycles. The first-order valence-electron chi connectivity index (χ1n) is 10.4. The Morgan fingerprint density at radius 3 is 2.34 bits per heavy atom. The minimum Gasteiger partial charge on any atom is -0.379 e. The van der Waals surface area contributed by atoms with E-state index in [-0.39, 0.29) is 5.43 Å². The average Bonchev–Trinajstić information content (AvgIpc) is 2.69. The van der Waals surface area contributed by atoms with Crippen LogP contribution in [0.2, 0.25) is 0 Å². The molecule has 1 atom stereocenters. The van der Waals surface area contributed by atoms with E-state index in [1.807, 2.05) is 37.2 Å². The van der Waals surface area contributed by atoms with E-state index in [0.717, 1.165) is 11.1 Å². The Morgan fingerprint density at radius 1 is 1.00 bits per heavy atom. The maximum absolute atomic E-state index is 14.2. The lowest BCUT2D eigenvalue weighted by Gasteiger charge is -2.38. The van der Waals surface area contributed by atoms with Crippen LogP contribution in [-0.4, -0.2) is 40.4 Å². The summed E-state index contributed by atoms with van der Waals surface area (Å²) >= 11 is 0. The molecule has 172 valence electrons. The van der Waals surface area contributed by atoms with Crippen LogP contribution in [0.25, 0.3) is 10.9 Å². The van der Waals surface area contributed by atoms with E-state index in [9.17, 15) is 23.1 Å². The van der Waals surface area contributed by atoms with Crippen LogP contribution in [0.5, 0.6) is 0 Å². The number of pyridine rings is 1. The Labute approximate surface area is 185 Å². The minimum atomic E-state index is -4.87. The molecule has 7 heteroatoms. The van der Waals surface area contributed by atoms with Gasteiger partial charge in [0.25, 0.3) is 0 Å². The summed E-state index contributed by atoms with van der Waals surface area (Å²) in [6.45, 7) is 3.37. The van der Waals surface area contributed by atoms with Gasteiger partial charge in [0.15, 0.2) is 11.0 Å². The molecule has 0 bridgehead atoms. The number of halogens is 3. The second-order valence-electron chi connectivity index (χ2n) is 9.35. The number of aliphatic hydroxyl groups is 1. The number of fused-ring (bicyclic) bond motifs is 1. The fourth-order valence-electron chi connectivity index (χ4n) is 4.21. The van der Waals surface area contributed by atoms with Gasteiger partial charge in [-0.25, -0.2) is 0 Å². The predicted octanol–water partition coefficient (Wildman–Crippen LogP) is 4.72. The van der Waals surface area contributed by atoms with Crippen molar-refractivity contribution in [2.24, 2.45) is 0 Å². The SMILES string of the molecule is CN(C)Cc1cccc(C(C)(C)CC(O)(Cn2ccc(=O)c3ccccc32)C(F)(F)F)c1. The standard InChI is InChI=1S/C25H29F3N2O2/c1-23(2,19-9-7-8-18(14-19)15-29(3)4)16-24(32,25(26,27)28)17-30-13-12-22(31)20-10-5-6-11-21(20)30/h5-14,32H,15-17H2,1-4H3. The molecule has 0 aliphatic carbocycles. The van der Waals surface area contributed by atoms with Crippen LogP contribution in [0.3, 0.4) is 0 Å². The van der Waals surface area contributed by atoms with Crippen molar-refractivity contribution in [2.45, 2.75) is 50.6 Å². The summed E-state index contributed by atoms with van der Waals surface area (Å²) in [5, 5.41) is 11.3. The third-order valence-corrected chi connectivity index (χ3v) is 5.79. The van der Waals surface area contributed by atoms with E-state index < -0.39 is 30.2 Å². The van der Waals surface area contributed by atoms with Gasteiger partial charge in [-0.15, -0.1) is 0 Å². The molecule has 3 rings (SSSR count). The van der Waals surface area contributed by atoms with E-state index in [1.165, 1.54) is 16.8 Å². The molecule has 1 heterocycles. The Hall–Kier alpha value is -2.64. The van der Waals surface area contributed by atoms with Crippen molar-refractivity contribution in [3.8, 4) is 0 Å². The van der Waals surface area contributed by atoms with Gasteiger partial charge >= 0.3 is 6.18 Å². The molecule has 0 saturated carbocycles. The molecule has 4 nitrogen and oxygen atoms in total. The molecule has 2 aromatic carbocycles. The molecule has 1 aromatic heterocycles. The smallest absolute Gasteiger partial charge is 0.379 e. The van der Waals surface area contributed by atoms with Gasteiger partial charge in [-0.3, -0.25) is 4.79 Å². The lowest BCUT2D eigenvalue weighted by molar-refractivity contribution is -0.271. The molecule has 32 heavy (non-hydrogen) atoms. The van der Waals surface area contributed by atoms with E-state index in [0.29, 0.717) is 17.4 Å². The molecular weight excluding hydrogens is 417 g/mol. The van der Waals surface area contributed by atoms with E-state index >= 15 is 0 Å². The van der Waals surface area contributed by atoms with E-state index in [2.05, 4.69) is 0 Å². The third kappa shape index (κ3) is 5.05. The maximum atomic E-state index is 14.2. The minimum absolute atomic E-state index is 0.273. The molecule has 0 fully saturated rings. The summed E-state index contributed by atoms with van der Waals surface area (Å²) in [6, 6.07) is 15.2. The Kier molecular flexibility index (Phi) is 6.54. The topological polar surface area (TPSA) is 45.5 Å². The summed E-state index contributed by atoms with van der Waals surface area (Å²) in [5.74, 6) is 0. The predicted molar refractivity (Wildman–Crippen MR) is 121 cm³/mol. The number of rotatable bonds is 7. The Balaban J connectivity index is 2.00. The van der Waals surface area contributed by atoms with Gasteiger partial charge in [-0.05, 0) is 49.2 Å². The molecule has 0 radical (unpaired) electrons. The molecular formula is C25H29F3N2O2. The highest BCUT2D eigenvalue weighted by molar-refractivity contribution is 5.78. The van der Waals surface area contributed by atoms with Gasteiger partial charge in [0.05, 0.1) is 12.1 Å². The van der Waals surface area contributed by atoms with Crippen LogP contribution in [0.1, 0.15) is 31.4 Å². The van der Waals surface area contributed by atoms with E-state index in [4.69, 9.17) is 0 Å². The number of benzene rings is 2. The highest BCUT2D eigenvalue weighted by atomic mass is 19.4. The maximum Gasteiger partial charge on any atom is 0.418 e. The largest absolute Gasteiger partial charge is 0.418 e. The number of alkyl halides is 3. The van der Waals surface area contributed by atoms with Crippen molar-refractivity contribution in [3.05, 3.63) is 82.1 Å². The van der Waals surface area contributed by atoms with Gasteiger partial charge in [0.2, 0.25) is 0 Å². The summed E-state index contributed by atoms with van der Waals surface area (Å²) in [6.07, 6.45) is -4.09. The van der Waals surface area contributed by atoms with Crippen LogP contribution in [0.15, 0.2) is 65.6 Å². The highest BCUT2D eigenvalue weighted by Gasteiger charge is 2.56. The average molecular weight is 447 g/mol. The zero-order valence-corrected chi connectivity index (χ0v) is 18.8. The van der Waals surface area contributed by atoms with Crippen molar-refractivity contribution in [2.75, 3.05) is 14.1 Å². The second kappa shape index (κ2) is 8.71. The van der Waals surface area contributed by atoms with Gasteiger partial charge < -0.3 is 14.6 Å². The van der Waals surface area contributed by atoms with Crippen LogP contribution in [0, 0.1) is 0 Å². The number of hydrogen-bond donors (Lipinski definition) is 1. The second-order valence-corrected chi connectivity index (χ2v) is 9.35. The number of aromatic nitrogens is 1. The van der Waals surface area contributed by atoms with Gasteiger partial charge in [0, 0.05) is 24.2 Å². The first kappa shape index (κ1) is 24.0. The monoisotopic (exact) mass is 446 g/mol. The fraction of sp³-hybridized carbons (Fsp3) is 0.400. The van der Waals surface area contributed by atoms with Crippen LogP contribution >= 0.6 is 0 Å². The molecule has 0 aliphatic rings.